The van der Waals surface area contributed by atoms with Gasteiger partial charge in [0.25, 0.3) is 0 Å². The van der Waals surface area contributed by atoms with Gasteiger partial charge in [-0.3, -0.25) is 0 Å². The second-order valence-electron chi connectivity index (χ2n) is 5.84. The molecular formula is C18H30FNO. The Balaban J connectivity index is 2.62. The summed E-state index contributed by atoms with van der Waals surface area (Å²) in [5, 5.41) is 0. The lowest BCUT2D eigenvalue weighted by atomic mass is 10.00. The first-order chi connectivity index (χ1) is 10.1. The third-order valence-corrected chi connectivity index (χ3v) is 3.88. The van der Waals surface area contributed by atoms with Gasteiger partial charge in [0, 0.05) is 6.04 Å². The summed E-state index contributed by atoms with van der Waals surface area (Å²) < 4.78 is 19.6. The molecule has 21 heavy (non-hydrogen) atoms. The Morgan fingerprint density at radius 2 is 1.95 bits per heavy atom. The van der Waals surface area contributed by atoms with E-state index in [1.54, 1.807) is 6.07 Å². The molecule has 0 aliphatic carbocycles. The van der Waals surface area contributed by atoms with Crippen LogP contribution in [0.3, 0.4) is 0 Å². The number of halogens is 1. The van der Waals surface area contributed by atoms with Crippen molar-refractivity contribution >= 4 is 0 Å². The highest BCUT2D eigenvalue weighted by Gasteiger charge is 2.22. The molecule has 3 atom stereocenters. The maximum atomic E-state index is 13.4. The van der Waals surface area contributed by atoms with Gasteiger partial charge in [-0.15, -0.1) is 0 Å². The molecule has 0 radical (unpaired) electrons. The molecule has 0 fully saturated rings. The summed E-state index contributed by atoms with van der Waals surface area (Å²) in [4.78, 5) is 0. The van der Waals surface area contributed by atoms with E-state index in [9.17, 15) is 4.39 Å². The highest BCUT2D eigenvalue weighted by Crippen LogP contribution is 2.25. The molecule has 3 unspecified atom stereocenters. The Bertz CT molecular complexity index is 397. The van der Waals surface area contributed by atoms with Crippen molar-refractivity contribution in [1.82, 2.24) is 0 Å². The number of hydrogen-bond acceptors (Lipinski definition) is 2. The van der Waals surface area contributed by atoms with E-state index in [4.69, 9.17) is 10.5 Å². The number of rotatable bonds is 10. The number of unbranched alkanes of at least 4 members (excludes halogenated alkanes) is 3. The van der Waals surface area contributed by atoms with E-state index in [0.29, 0.717) is 0 Å². The van der Waals surface area contributed by atoms with E-state index in [1.807, 2.05) is 13.0 Å². The Kier molecular flexibility index (Phi) is 8.55. The minimum Gasteiger partial charge on any atom is -0.369 e. The van der Waals surface area contributed by atoms with Gasteiger partial charge in [-0.25, -0.2) is 4.39 Å². The van der Waals surface area contributed by atoms with Crippen molar-refractivity contribution in [2.24, 2.45) is 5.73 Å². The van der Waals surface area contributed by atoms with Gasteiger partial charge in [-0.1, -0.05) is 51.7 Å². The quantitative estimate of drug-likeness (QED) is 0.618. The Morgan fingerprint density at radius 3 is 2.57 bits per heavy atom. The average Bonchev–Trinajstić information content (AvgIpc) is 2.48. The molecule has 1 aromatic carbocycles. The molecule has 3 heteroatoms. The smallest absolute Gasteiger partial charge is 0.123 e. The van der Waals surface area contributed by atoms with Gasteiger partial charge in [0.1, 0.15) is 5.82 Å². The van der Waals surface area contributed by atoms with Crippen LogP contribution in [0.15, 0.2) is 24.3 Å². The fraction of sp³-hybridized carbons (Fsp3) is 0.667. The molecule has 0 heterocycles. The summed E-state index contributed by atoms with van der Waals surface area (Å²) in [6.07, 6.45) is 6.68. The first-order valence-corrected chi connectivity index (χ1v) is 8.25. The Hall–Kier alpha value is -0.930. The highest BCUT2D eigenvalue weighted by atomic mass is 19.1. The lowest BCUT2D eigenvalue weighted by Crippen LogP contribution is -2.32. The molecule has 0 saturated heterocycles. The molecule has 2 N–H and O–H groups in total. The minimum atomic E-state index is -0.236. The molecule has 2 nitrogen and oxygen atoms in total. The summed E-state index contributed by atoms with van der Waals surface area (Å²) >= 11 is 0. The minimum absolute atomic E-state index is 0.107. The van der Waals surface area contributed by atoms with Crippen molar-refractivity contribution < 1.29 is 9.13 Å². The van der Waals surface area contributed by atoms with Crippen LogP contribution in [0.1, 0.15) is 71.0 Å². The Morgan fingerprint density at radius 1 is 1.19 bits per heavy atom. The van der Waals surface area contributed by atoms with Gasteiger partial charge in [0.15, 0.2) is 0 Å². The molecule has 0 aromatic heterocycles. The topological polar surface area (TPSA) is 35.2 Å². The molecule has 0 bridgehead atoms. The third kappa shape index (κ3) is 6.58. The summed E-state index contributed by atoms with van der Waals surface area (Å²) in [7, 11) is 0. The van der Waals surface area contributed by atoms with E-state index < -0.39 is 0 Å². The van der Waals surface area contributed by atoms with Crippen LogP contribution in [0.4, 0.5) is 4.39 Å². The van der Waals surface area contributed by atoms with E-state index >= 15 is 0 Å². The predicted octanol–water partition coefficient (Wildman–Crippen LogP) is 4.98. The van der Waals surface area contributed by atoms with Gasteiger partial charge >= 0.3 is 0 Å². The van der Waals surface area contributed by atoms with Gasteiger partial charge in [-0.05, 0) is 37.5 Å². The molecule has 0 aliphatic heterocycles. The average molecular weight is 295 g/mol. The molecular weight excluding hydrogens is 265 g/mol. The summed E-state index contributed by atoms with van der Waals surface area (Å²) in [5.41, 5.74) is 7.01. The number of ether oxygens (including phenoxy) is 1. The molecule has 0 aliphatic rings. The van der Waals surface area contributed by atoms with Crippen LogP contribution in [0, 0.1) is 5.82 Å². The third-order valence-electron chi connectivity index (χ3n) is 3.88. The van der Waals surface area contributed by atoms with E-state index in [0.717, 1.165) is 18.4 Å². The van der Waals surface area contributed by atoms with Crippen molar-refractivity contribution in [1.29, 1.82) is 0 Å². The molecule has 1 rings (SSSR count). The molecule has 1 aromatic rings. The van der Waals surface area contributed by atoms with Crippen LogP contribution in [0.25, 0.3) is 0 Å². The molecule has 120 valence electrons. The van der Waals surface area contributed by atoms with Crippen LogP contribution in [0.5, 0.6) is 0 Å². The SMILES string of the molecule is CCCCCCC(C)OC(c1cccc(F)c1)C(N)CC. The second kappa shape index (κ2) is 9.91. The number of nitrogens with two attached hydrogens (primary N) is 1. The Labute approximate surface area is 128 Å². The van der Waals surface area contributed by atoms with Gasteiger partial charge in [0.05, 0.1) is 12.2 Å². The van der Waals surface area contributed by atoms with Gasteiger partial charge < -0.3 is 10.5 Å². The largest absolute Gasteiger partial charge is 0.369 e. The normalized spacial score (nSPS) is 15.7. The van der Waals surface area contributed by atoms with Crippen molar-refractivity contribution in [3.63, 3.8) is 0 Å². The molecule has 0 amide bonds. The van der Waals surface area contributed by atoms with Crippen molar-refractivity contribution in [3.05, 3.63) is 35.6 Å². The lowest BCUT2D eigenvalue weighted by Gasteiger charge is -2.27. The molecule has 0 spiro atoms. The zero-order chi connectivity index (χ0) is 15.7. The number of hydrogen-bond donors (Lipinski definition) is 1. The van der Waals surface area contributed by atoms with Crippen LogP contribution in [0.2, 0.25) is 0 Å². The summed E-state index contributed by atoms with van der Waals surface area (Å²) in [6.45, 7) is 6.33. The zero-order valence-electron chi connectivity index (χ0n) is 13.6. The van der Waals surface area contributed by atoms with Crippen LogP contribution in [-0.2, 0) is 4.74 Å². The monoisotopic (exact) mass is 295 g/mol. The first-order valence-electron chi connectivity index (χ1n) is 8.25. The van der Waals surface area contributed by atoms with Crippen molar-refractivity contribution in [2.45, 2.75) is 77.5 Å². The van der Waals surface area contributed by atoms with Crippen molar-refractivity contribution in [3.8, 4) is 0 Å². The maximum Gasteiger partial charge on any atom is 0.123 e. The van der Waals surface area contributed by atoms with E-state index in [2.05, 4.69) is 13.8 Å². The van der Waals surface area contributed by atoms with Gasteiger partial charge in [-0.2, -0.15) is 0 Å². The summed E-state index contributed by atoms with van der Waals surface area (Å²) in [5.74, 6) is -0.236. The van der Waals surface area contributed by atoms with Crippen LogP contribution >= 0.6 is 0 Å². The summed E-state index contributed by atoms with van der Waals surface area (Å²) in [6, 6.07) is 6.49. The zero-order valence-corrected chi connectivity index (χ0v) is 13.6. The van der Waals surface area contributed by atoms with E-state index in [1.165, 1.54) is 37.8 Å². The standard InChI is InChI=1S/C18H30FNO/c1-4-6-7-8-10-14(3)21-18(17(20)5-2)15-11-9-12-16(19)13-15/h9,11-14,17-18H,4-8,10,20H2,1-3H3. The number of benzene rings is 1. The van der Waals surface area contributed by atoms with Crippen LogP contribution < -0.4 is 5.73 Å². The first kappa shape index (κ1) is 18.1. The molecule has 0 saturated carbocycles. The maximum absolute atomic E-state index is 13.4. The van der Waals surface area contributed by atoms with Gasteiger partial charge in [0.2, 0.25) is 0 Å². The second-order valence-corrected chi connectivity index (χ2v) is 5.84. The van der Waals surface area contributed by atoms with E-state index in [-0.39, 0.29) is 24.1 Å². The highest BCUT2D eigenvalue weighted by molar-refractivity contribution is 5.20. The predicted molar refractivity (Wildman–Crippen MR) is 86.7 cm³/mol. The fourth-order valence-corrected chi connectivity index (χ4v) is 2.50. The van der Waals surface area contributed by atoms with Crippen molar-refractivity contribution in [2.75, 3.05) is 0 Å². The fourth-order valence-electron chi connectivity index (χ4n) is 2.50. The lowest BCUT2D eigenvalue weighted by molar-refractivity contribution is -0.0231. The van der Waals surface area contributed by atoms with Crippen LogP contribution in [-0.4, -0.2) is 12.1 Å².